The van der Waals surface area contributed by atoms with E-state index < -0.39 is 0 Å². The zero-order valence-electron chi connectivity index (χ0n) is 5.11. The monoisotopic (exact) mass is 124 g/mol. The number of hydrogen-bond donors (Lipinski definition) is 1. The summed E-state index contributed by atoms with van der Waals surface area (Å²) in [6, 6.07) is 0. The van der Waals surface area contributed by atoms with Gasteiger partial charge in [-0.15, -0.1) is 0 Å². The molecule has 0 spiro atoms. The molecule has 0 aromatic carbocycles. The smallest absolute Gasteiger partial charge is 0.129 e. The Balaban J connectivity index is 0. The number of quaternary nitrogens is 1. The topological polar surface area (TPSA) is 26.0 Å². The highest BCUT2D eigenvalue weighted by Crippen LogP contribution is 1.79. The van der Waals surface area contributed by atoms with Crippen LogP contribution in [0.3, 0.4) is 0 Å². The first-order chi connectivity index (χ1) is 2.56. The molecule has 0 unspecified atom stereocenters. The van der Waals surface area contributed by atoms with E-state index in [2.05, 4.69) is 21.1 Å². The third-order valence-corrected chi connectivity index (χ3v) is 0.548. The second-order valence-corrected chi connectivity index (χ2v) is 2.47. The van der Waals surface area contributed by atoms with Gasteiger partial charge < -0.3 is 16.9 Å². The molecule has 0 aromatic heterocycles. The van der Waals surface area contributed by atoms with Crippen molar-refractivity contribution < 1.29 is 16.9 Å². The fourth-order valence-corrected chi connectivity index (χ4v) is 0. The number of halogens is 1. The van der Waals surface area contributed by atoms with Gasteiger partial charge in [-0.2, -0.15) is 0 Å². The lowest BCUT2D eigenvalue weighted by molar-refractivity contribution is -0.870. The van der Waals surface area contributed by atoms with Crippen molar-refractivity contribution >= 4 is 0 Å². The van der Waals surface area contributed by atoms with Crippen molar-refractivity contribution in [1.82, 2.24) is 0 Å². The van der Waals surface area contributed by atoms with E-state index in [9.17, 15) is 0 Å². The first-order valence-corrected chi connectivity index (χ1v) is 2.07. The summed E-state index contributed by atoms with van der Waals surface area (Å²) in [5.41, 5.74) is 5.28. The van der Waals surface area contributed by atoms with Gasteiger partial charge in [0.05, 0.1) is 21.1 Å². The highest BCUT2D eigenvalue weighted by atomic mass is 35.5. The maximum Gasteiger partial charge on any atom is 0.129 e. The maximum absolute atomic E-state index is 5.28. The van der Waals surface area contributed by atoms with Crippen molar-refractivity contribution in [3.05, 3.63) is 0 Å². The molecule has 0 fully saturated rings. The molecule has 0 amide bonds. The van der Waals surface area contributed by atoms with Gasteiger partial charge in [0.25, 0.3) is 0 Å². The third-order valence-electron chi connectivity index (χ3n) is 0.548. The lowest BCUT2D eigenvalue weighted by Gasteiger charge is -2.20. The predicted octanol–water partition coefficient (Wildman–Crippen LogP) is -3.39. The molecule has 46 valence electrons. The first kappa shape index (κ1) is 10.2. The van der Waals surface area contributed by atoms with Gasteiger partial charge in [0.15, 0.2) is 0 Å². The SMILES string of the molecule is C[N+](C)(C)CN.[Cl-]. The van der Waals surface area contributed by atoms with Crippen LogP contribution < -0.4 is 18.1 Å². The van der Waals surface area contributed by atoms with Crippen LogP contribution in [0.25, 0.3) is 0 Å². The molecule has 0 saturated carbocycles. The van der Waals surface area contributed by atoms with Gasteiger partial charge in [0.2, 0.25) is 0 Å². The van der Waals surface area contributed by atoms with Crippen LogP contribution in [-0.4, -0.2) is 32.3 Å². The molecule has 0 aromatic rings. The summed E-state index contributed by atoms with van der Waals surface area (Å²) in [4.78, 5) is 0. The minimum atomic E-state index is 0. The number of hydrogen-bond acceptors (Lipinski definition) is 1. The van der Waals surface area contributed by atoms with Gasteiger partial charge >= 0.3 is 0 Å². The second kappa shape index (κ2) is 3.24. The quantitative estimate of drug-likeness (QED) is 0.287. The van der Waals surface area contributed by atoms with Crippen molar-refractivity contribution in [2.75, 3.05) is 27.8 Å². The Morgan fingerprint density at radius 3 is 1.43 bits per heavy atom. The van der Waals surface area contributed by atoms with Crippen molar-refractivity contribution in [2.24, 2.45) is 5.73 Å². The van der Waals surface area contributed by atoms with Crippen LogP contribution in [0, 0.1) is 0 Å². The summed E-state index contributed by atoms with van der Waals surface area (Å²) in [5.74, 6) is 0. The normalized spacial score (nSPS) is 10.3. The molecule has 0 atom stereocenters. The standard InChI is InChI=1S/C4H13N2.ClH/c1-6(2,3)4-5;/h4-5H2,1-3H3;1H/q+1;/p-1. The molecule has 0 radical (unpaired) electrons. The second-order valence-electron chi connectivity index (χ2n) is 2.47. The van der Waals surface area contributed by atoms with Gasteiger partial charge in [-0.25, -0.2) is 0 Å². The minimum Gasteiger partial charge on any atom is -1.00 e. The Hall–Kier alpha value is 0.210. The molecule has 2 N–H and O–H groups in total. The summed E-state index contributed by atoms with van der Waals surface area (Å²) >= 11 is 0. The first-order valence-electron chi connectivity index (χ1n) is 2.07. The van der Waals surface area contributed by atoms with Crippen molar-refractivity contribution in [1.29, 1.82) is 0 Å². The molecular weight excluding hydrogens is 112 g/mol. The van der Waals surface area contributed by atoms with Crippen LogP contribution in [0.1, 0.15) is 0 Å². The Morgan fingerprint density at radius 1 is 1.29 bits per heavy atom. The van der Waals surface area contributed by atoms with E-state index in [4.69, 9.17) is 5.73 Å². The molecule has 0 rings (SSSR count). The van der Waals surface area contributed by atoms with E-state index in [0.717, 1.165) is 4.48 Å². The maximum atomic E-state index is 5.28. The lowest BCUT2D eigenvalue weighted by atomic mass is 10.7. The van der Waals surface area contributed by atoms with Crippen molar-refractivity contribution in [2.45, 2.75) is 0 Å². The summed E-state index contributed by atoms with van der Waals surface area (Å²) < 4.78 is 0.847. The van der Waals surface area contributed by atoms with Gasteiger partial charge in [0, 0.05) is 0 Å². The number of nitrogens with zero attached hydrogens (tertiary/aromatic N) is 1. The van der Waals surface area contributed by atoms with E-state index >= 15 is 0 Å². The van der Waals surface area contributed by atoms with Crippen LogP contribution in [0.5, 0.6) is 0 Å². The molecule has 0 aliphatic rings. The zero-order valence-corrected chi connectivity index (χ0v) is 5.87. The van der Waals surface area contributed by atoms with E-state index in [0.29, 0.717) is 6.67 Å². The molecular formula is C4H13ClN2. The summed E-state index contributed by atoms with van der Waals surface area (Å²) in [5, 5.41) is 0. The third kappa shape index (κ3) is 10.7. The average molecular weight is 125 g/mol. The molecule has 0 aliphatic heterocycles. The molecule has 0 bridgehead atoms. The largest absolute Gasteiger partial charge is 1.00 e. The van der Waals surface area contributed by atoms with Crippen LogP contribution in [0.15, 0.2) is 0 Å². The highest BCUT2D eigenvalue weighted by Gasteiger charge is 1.97. The highest BCUT2D eigenvalue weighted by molar-refractivity contribution is 4.03. The van der Waals surface area contributed by atoms with Crippen LogP contribution in [-0.2, 0) is 0 Å². The van der Waals surface area contributed by atoms with Gasteiger partial charge in [0.1, 0.15) is 6.67 Å². The van der Waals surface area contributed by atoms with E-state index in [1.54, 1.807) is 0 Å². The van der Waals surface area contributed by atoms with Gasteiger partial charge in [-0.3, -0.25) is 5.73 Å². The van der Waals surface area contributed by atoms with Gasteiger partial charge in [-0.1, -0.05) is 0 Å². The molecule has 0 heterocycles. The number of nitrogens with two attached hydrogens (primary N) is 1. The summed E-state index contributed by atoms with van der Waals surface area (Å²) in [6.07, 6.45) is 0. The van der Waals surface area contributed by atoms with Crippen molar-refractivity contribution in [3.8, 4) is 0 Å². The number of rotatable bonds is 1. The Bertz CT molecular complexity index is 39.4. The van der Waals surface area contributed by atoms with E-state index in [1.165, 1.54) is 0 Å². The average Bonchev–Trinajstić information content (AvgIpc) is 1.35. The fraction of sp³-hybridized carbons (Fsp3) is 1.00. The van der Waals surface area contributed by atoms with Crippen LogP contribution in [0.4, 0.5) is 0 Å². The summed E-state index contributed by atoms with van der Waals surface area (Å²) in [7, 11) is 6.17. The summed E-state index contributed by atoms with van der Waals surface area (Å²) in [6.45, 7) is 0.708. The van der Waals surface area contributed by atoms with E-state index in [-0.39, 0.29) is 12.4 Å². The van der Waals surface area contributed by atoms with E-state index in [1.807, 2.05) is 0 Å². The lowest BCUT2D eigenvalue weighted by Crippen LogP contribution is -3.00. The fourth-order valence-electron chi connectivity index (χ4n) is 0. The minimum absolute atomic E-state index is 0. The molecule has 0 saturated heterocycles. The Labute approximate surface area is 51.3 Å². The Kier molecular flexibility index (Phi) is 4.75. The molecule has 0 aliphatic carbocycles. The molecule has 2 nitrogen and oxygen atoms in total. The molecule has 3 heteroatoms. The van der Waals surface area contributed by atoms with Crippen molar-refractivity contribution in [3.63, 3.8) is 0 Å². The predicted molar refractivity (Wildman–Crippen MR) is 27.1 cm³/mol. The van der Waals surface area contributed by atoms with Crippen LogP contribution >= 0.6 is 0 Å². The Morgan fingerprint density at radius 2 is 1.43 bits per heavy atom. The van der Waals surface area contributed by atoms with Crippen LogP contribution in [0.2, 0.25) is 0 Å². The zero-order chi connectivity index (χ0) is 5.21. The molecule has 7 heavy (non-hydrogen) atoms. The van der Waals surface area contributed by atoms with Gasteiger partial charge in [-0.05, 0) is 0 Å².